The highest BCUT2D eigenvalue weighted by Gasteiger charge is 2.06. The van der Waals surface area contributed by atoms with Gasteiger partial charge in [0.05, 0.1) is 12.6 Å². The van der Waals surface area contributed by atoms with E-state index in [4.69, 9.17) is 4.74 Å². The maximum Gasteiger partial charge on any atom is 0.141 e. The minimum atomic E-state index is 0.173. The van der Waals surface area contributed by atoms with E-state index < -0.39 is 0 Å². The largest absolute Gasteiger partial charge is 0.508 e. The molecule has 0 saturated carbocycles. The van der Waals surface area contributed by atoms with Crippen LogP contribution in [-0.2, 0) is 0 Å². The number of rotatable bonds is 3. The maximum absolute atomic E-state index is 9.64. The Morgan fingerprint density at radius 3 is 2.81 bits per heavy atom. The van der Waals surface area contributed by atoms with Gasteiger partial charge in [-0.15, -0.1) is 0 Å². The fourth-order valence-corrected chi connectivity index (χ4v) is 2.51. The van der Waals surface area contributed by atoms with Gasteiger partial charge in [0, 0.05) is 21.6 Å². The number of fused-ring (bicyclic) bond motifs is 1. The third-order valence-electron chi connectivity index (χ3n) is 2.99. The second-order valence-electron chi connectivity index (χ2n) is 4.43. The van der Waals surface area contributed by atoms with Crippen molar-refractivity contribution in [1.82, 2.24) is 9.97 Å². The highest BCUT2D eigenvalue weighted by Crippen LogP contribution is 2.29. The number of hydrogen-bond donors (Lipinski definition) is 2. The average Bonchev–Trinajstić information content (AvgIpc) is 2.47. The Kier molecular flexibility index (Phi) is 3.62. The van der Waals surface area contributed by atoms with Gasteiger partial charge in [0.15, 0.2) is 0 Å². The standard InChI is InChI=1S/C15H12BrN3O2/c1-21-12-5-9(16)4-10(6-12)19-15-13-7-11(20)2-3-14(13)17-8-18-15/h2-8,20H,1H3,(H,17,18,19). The van der Waals surface area contributed by atoms with Crippen molar-refractivity contribution < 1.29 is 9.84 Å². The molecule has 0 aliphatic rings. The molecule has 3 aromatic rings. The highest BCUT2D eigenvalue weighted by atomic mass is 79.9. The number of anilines is 2. The van der Waals surface area contributed by atoms with Crippen molar-refractivity contribution in [3.8, 4) is 11.5 Å². The fraction of sp³-hybridized carbons (Fsp3) is 0.0667. The van der Waals surface area contributed by atoms with Crippen LogP contribution in [0.2, 0.25) is 0 Å². The van der Waals surface area contributed by atoms with E-state index in [-0.39, 0.29) is 5.75 Å². The number of halogens is 1. The van der Waals surface area contributed by atoms with E-state index in [9.17, 15) is 5.11 Å². The van der Waals surface area contributed by atoms with Crippen molar-refractivity contribution in [2.75, 3.05) is 12.4 Å². The summed E-state index contributed by atoms with van der Waals surface area (Å²) in [7, 11) is 1.61. The van der Waals surface area contributed by atoms with Crippen LogP contribution in [0.25, 0.3) is 10.9 Å². The molecule has 2 aromatic carbocycles. The Bertz CT molecular complexity index is 808. The van der Waals surface area contributed by atoms with Crippen molar-refractivity contribution in [2.24, 2.45) is 0 Å². The maximum atomic E-state index is 9.64. The lowest BCUT2D eigenvalue weighted by molar-refractivity contribution is 0.415. The molecule has 0 saturated heterocycles. The second-order valence-corrected chi connectivity index (χ2v) is 5.34. The van der Waals surface area contributed by atoms with Crippen LogP contribution in [0.15, 0.2) is 47.2 Å². The molecule has 0 amide bonds. The minimum Gasteiger partial charge on any atom is -0.508 e. The van der Waals surface area contributed by atoms with E-state index in [1.807, 2.05) is 18.2 Å². The van der Waals surface area contributed by atoms with Crippen molar-refractivity contribution in [2.45, 2.75) is 0 Å². The quantitative estimate of drug-likeness (QED) is 0.754. The molecule has 21 heavy (non-hydrogen) atoms. The molecule has 0 bridgehead atoms. The number of phenolic OH excluding ortho intramolecular Hbond substituents is 1. The van der Waals surface area contributed by atoms with Crippen molar-refractivity contribution in [1.29, 1.82) is 0 Å². The lowest BCUT2D eigenvalue weighted by Crippen LogP contribution is -1.96. The molecule has 1 aromatic heterocycles. The first-order valence-electron chi connectivity index (χ1n) is 6.21. The first-order chi connectivity index (χ1) is 10.2. The molecule has 5 nitrogen and oxygen atoms in total. The molecule has 0 aliphatic carbocycles. The Labute approximate surface area is 129 Å². The monoisotopic (exact) mass is 345 g/mol. The van der Waals surface area contributed by atoms with Gasteiger partial charge < -0.3 is 15.2 Å². The van der Waals surface area contributed by atoms with Gasteiger partial charge >= 0.3 is 0 Å². The number of nitrogens with one attached hydrogen (secondary N) is 1. The summed E-state index contributed by atoms with van der Waals surface area (Å²) >= 11 is 3.44. The van der Waals surface area contributed by atoms with Crippen LogP contribution in [0.1, 0.15) is 0 Å². The Balaban J connectivity index is 2.05. The zero-order valence-electron chi connectivity index (χ0n) is 11.2. The SMILES string of the molecule is COc1cc(Br)cc(Nc2ncnc3ccc(O)cc23)c1. The summed E-state index contributed by atoms with van der Waals surface area (Å²) < 4.78 is 6.13. The summed E-state index contributed by atoms with van der Waals surface area (Å²) in [6.07, 6.45) is 1.48. The van der Waals surface area contributed by atoms with Gasteiger partial charge in [-0.3, -0.25) is 0 Å². The number of hydrogen-bond acceptors (Lipinski definition) is 5. The summed E-state index contributed by atoms with van der Waals surface area (Å²) in [5, 5.41) is 13.6. The Morgan fingerprint density at radius 1 is 1.14 bits per heavy atom. The molecule has 0 atom stereocenters. The Morgan fingerprint density at radius 2 is 2.00 bits per heavy atom. The summed E-state index contributed by atoms with van der Waals surface area (Å²) in [5.74, 6) is 1.52. The predicted molar refractivity (Wildman–Crippen MR) is 85.2 cm³/mol. The van der Waals surface area contributed by atoms with E-state index in [1.165, 1.54) is 6.33 Å². The van der Waals surface area contributed by atoms with Crippen molar-refractivity contribution in [3.05, 3.63) is 47.2 Å². The van der Waals surface area contributed by atoms with Gasteiger partial charge in [-0.05, 0) is 30.3 Å². The number of benzene rings is 2. The van der Waals surface area contributed by atoms with Crippen molar-refractivity contribution in [3.63, 3.8) is 0 Å². The van der Waals surface area contributed by atoms with Crippen LogP contribution < -0.4 is 10.1 Å². The third-order valence-corrected chi connectivity index (χ3v) is 3.45. The van der Waals surface area contributed by atoms with Crippen LogP contribution in [0.5, 0.6) is 11.5 Å². The van der Waals surface area contributed by atoms with E-state index in [1.54, 1.807) is 25.3 Å². The minimum absolute atomic E-state index is 0.173. The van der Waals surface area contributed by atoms with Gasteiger partial charge in [-0.25, -0.2) is 9.97 Å². The highest BCUT2D eigenvalue weighted by molar-refractivity contribution is 9.10. The van der Waals surface area contributed by atoms with Crippen LogP contribution in [-0.4, -0.2) is 22.2 Å². The molecule has 3 rings (SSSR count). The molecule has 6 heteroatoms. The number of nitrogens with zero attached hydrogens (tertiary/aromatic N) is 2. The fourth-order valence-electron chi connectivity index (χ4n) is 2.03. The topological polar surface area (TPSA) is 67.3 Å². The van der Waals surface area contributed by atoms with Crippen molar-refractivity contribution >= 4 is 38.3 Å². The first kappa shape index (κ1) is 13.6. The molecule has 1 heterocycles. The van der Waals surface area contributed by atoms with Gasteiger partial charge in [0.1, 0.15) is 23.6 Å². The molecular formula is C15H12BrN3O2. The number of phenols is 1. The van der Waals surface area contributed by atoms with Crippen LogP contribution >= 0.6 is 15.9 Å². The lowest BCUT2D eigenvalue weighted by Gasteiger charge is -2.10. The normalized spacial score (nSPS) is 10.6. The molecule has 0 radical (unpaired) electrons. The molecule has 2 N–H and O–H groups in total. The summed E-state index contributed by atoms with van der Waals surface area (Å²) in [5.41, 5.74) is 1.58. The van der Waals surface area contributed by atoms with E-state index in [2.05, 4.69) is 31.2 Å². The van der Waals surface area contributed by atoms with Crippen LogP contribution in [0, 0.1) is 0 Å². The van der Waals surface area contributed by atoms with Crippen LogP contribution in [0.4, 0.5) is 11.5 Å². The van der Waals surface area contributed by atoms with Gasteiger partial charge in [0.25, 0.3) is 0 Å². The predicted octanol–water partition coefficient (Wildman–Crippen LogP) is 3.85. The lowest BCUT2D eigenvalue weighted by atomic mass is 10.2. The van der Waals surface area contributed by atoms with E-state index in [0.717, 1.165) is 26.8 Å². The molecule has 0 spiro atoms. The summed E-state index contributed by atoms with van der Waals surface area (Å²) in [6, 6.07) is 10.6. The second kappa shape index (κ2) is 5.57. The number of aromatic hydroxyl groups is 1. The molecule has 0 aliphatic heterocycles. The third kappa shape index (κ3) is 2.90. The zero-order chi connectivity index (χ0) is 14.8. The molecule has 106 valence electrons. The molecular weight excluding hydrogens is 334 g/mol. The van der Waals surface area contributed by atoms with Gasteiger partial charge in [0.2, 0.25) is 0 Å². The number of aromatic nitrogens is 2. The number of ether oxygens (including phenoxy) is 1. The van der Waals surface area contributed by atoms with Crippen LogP contribution in [0.3, 0.4) is 0 Å². The molecule has 0 unspecified atom stereocenters. The van der Waals surface area contributed by atoms with Gasteiger partial charge in [-0.2, -0.15) is 0 Å². The van der Waals surface area contributed by atoms with Gasteiger partial charge in [-0.1, -0.05) is 15.9 Å². The molecule has 0 fully saturated rings. The smallest absolute Gasteiger partial charge is 0.141 e. The first-order valence-corrected chi connectivity index (χ1v) is 7.00. The van der Waals surface area contributed by atoms with E-state index in [0.29, 0.717) is 5.82 Å². The summed E-state index contributed by atoms with van der Waals surface area (Å²) in [6.45, 7) is 0. The summed E-state index contributed by atoms with van der Waals surface area (Å²) in [4.78, 5) is 8.42. The Hall–Kier alpha value is -2.34. The zero-order valence-corrected chi connectivity index (χ0v) is 12.8. The van der Waals surface area contributed by atoms with E-state index >= 15 is 0 Å². The average molecular weight is 346 g/mol. The number of methoxy groups -OCH3 is 1.